The first-order valence-corrected chi connectivity index (χ1v) is 6.09. The SMILES string of the molecule is COCc1nc(-c2cc(F)cc(F)c2)sc1CN. The van der Waals surface area contributed by atoms with Crippen LogP contribution in [0.2, 0.25) is 0 Å². The van der Waals surface area contributed by atoms with E-state index in [1.165, 1.54) is 23.5 Å². The molecule has 2 aromatic rings. The van der Waals surface area contributed by atoms with E-state index in [4.69, 9.17) is 10.5 Å². The topological polar surface area (TPSA) is 48.1 Å². The van der Waals surface area contributed by atoms with E-state index in [1.807, 2.05) is 0 Å². The number of methoxy groups -OCH3 is 1. The van der Waals surface area contributed by atoms with E-state index in [-0.39, 0.29) is 0 Å². The van der Waals surface area contributed by atoms with Gasteiger partial charge in [0.2, 0.25) is 0 Å². The highest BCUT2D eigenvalue weighted by Crippen LogP contribution is 2.29. The van der Waals surface area contributed by atoms with Crippen LogP contribution in [-0.4, -0.2) is 12.1 Å². The molecule has 0 unspecified atom stereocenters. The molecule has 1 aromatic carbocycles. The molecule has 18 heavy (non-hydrogen) atoms. The van der Waals surface area contributed by atoms with Gasteiger partial charge < -0.3 is 10.5 Å². The van der Waals surface area contributed by atoms with Crippen LogP contribution in [-0.2, 0) is 17.9 Å². The van der Waals surface area contributed by atoms with Crippen LogP contribution < -0.4 is 5.73 Å². The molecule has 96 valence electrons. The van der Waals surface area contributed by atoms with Crippen LogP contribution in [0.1, 0.15) is 10.6 Å². The van der Waals surface area contributed by atoms with Crippen molar-refractivity contribution in [2.45, 2.75) is 13.2 Å². The number of aromatic nitrogens is 1. The standard InChI is InChI=1S/C12H12F2N2OS/c1-17-6-10-11(5-15)18-12(16-10)7-2-8(13)4-9(14)3-7/h2-4H,5-6,15H2,1H3. The molecule has 0 spiro atoms. The number of halogens is 2. The second kappa shape index (κ2) is 5.51. The minimum atomic E-state index is -0.622. The van der Waals surface area contributed by atoms with E-state index < -0.39 is 11.6 Å². The third-order valence-electron chi connectivity index (χ3n) is 2.35. The van der Waals surface area contributed by atoms with Gasteiger partial charge in [0.15, 0.2) is 0 Å². The quantitative estimate of drug-likeness (QED) is 0.929. The predicted octanol–water partition coefficient (Wildman–Crippen LogP) is 2.69. The van der Waals surface area contributed by atoms with E-state index >= 15 is 0 Å². The zero-order valence-corrected chi connectivity index (χ0v) is 10.6. The van der Waals surface area contributed by atoms with Gasteiger partial charge >= 0.3 is 0 Å². The van der Waals surface area contributed by atoms with Gasteiger partial charge in [-0.1, -0.05) is 0 Å². The van der Waals surface area contributed by atoms with Crippen LogP contribution in [0.25, 0.3) is 10.6 Å². The van der Waals surface area contributed by atoms with Crippen LogP contribution in [0.4, 0.5) is 8.78 Å². The Kier molecular flexibility index (Phi) is 4.00. The van der Waals surface area contributed by atoms with Crippen LogP contribution in [0.15, 0.2) is 18.2 Å². The lowest BCUT2D eigenvalue weighted by Crippen LogP contribution is -1.99. The minimum Gasteiger partial charge on any atom is -0.378 e. The molecule has 0 amide bonds. The number of ether oxygens (including phenoxy) is 1. The number of thiazole rings is 1. The fourth-order valence-electron chi connectivity index (χ4n) is 1.59. The van der Waals surface area contributed by atoms with Crippen molar-refractivity contribution in [2.75, 3.05) is 7.11 Å². The van der Waals surface area contributed by atoms with E-state index in [9.17, 15) is 8.78 Å². The molecule has 0 aliphatic rings. The highest BCUT2D eigenvalue weighted by Gasteiger charge is 2.12. The average Bonchev–Trinajstić information content (AvgIpc) is 2.71. The van der Waals surface area contributed by atoms with Crippen molar-refractivity contribution < 1.29 is 13.5 Å². The second-order valence-electron chi connectivity index (χ2n) is 3.68. The van der Waals surface area contributed by atoms with Crippen molar-refractivity contribution in [1.82, 2.24) is 4.98 Å². The summed E-state index contributed by atoms with van der Waals surface area (Å²) < 4.78 is 31.3. The zero-order valence-electron chi connectivity index (χ0n) is 9.74. The third-order valence-corrected chi connectivity index (χ3v) is 3.52. The molecule has 0 aliphatic heterocycles. The molecule has 0 saturated heterocycles. The van der Waals surface area contributed by atoms with Crippen molar-refractivity contribution in [3.63, 3.8) is 0 Å². The smallest absolute Gasteiger partial charge is 0.126 e. The maximum atomic E-state index is 13.1. The highest BCUT2D eigenvalue weighted by molar-refractivity contribution is 7.15. The van der Waals surface area contributed by atoms with E-state index in [1.54, 1.807) is 7.11 Å². The molecule has 0 bridgehead atoms. The third kappa shape index (κ3) is 2.72. The first-order chi connectivity index (χ1) is 8.63. The van der Waals surface area contributed by atoms with Gasteiger partial charge in [0.25, 0.3) is 0 Å². The Balaban J connectivity index is 2.43. The van der Waals surface area contributed by atoms with Crippen LogP contribution in [0, 0.1) is 11.6 Å². The summed E-state index contributed by atoms with van der Waals surface area (Å²) in [6.45, 7) is 0.662. The largest absolute Gasteiger partial charge is 0.378 e. The summed E-state index contributed by atoms with van der Waals surface area (Å²) in [7, 11) is 1.56. The first kappa shape index (κ1) is 13.1. The summed E-state index contributed by atoms with van der Waals surface area (Å²) in [6, 6.07) is 3.33. The maximum Gasteiger partial charge on any atom is 0.126 e. The Morgan fingerprint density at radius 3 is 2.50 bits per heavy atom. The molecule has 0 saturated carbocycles. The first-order valence-electron chi connectivity index (χ1n) is 5.28. The van der Waals surface area contributed by atoms with Crippen molar-refractivity contribution in [3.8, 4) is 10.6 Å². The summed E-state index contributed by atoms with van der Waals surface area (Å²) in [5.74, 6) is -1.24. The molecule has 0 aliphatic carbocycles. The second-order valence-corrected chi connectivity index (χ2v) is 4.77. The molecule has 0 radical (unpaired) electrons. The lowest BCUT2D eigenvalue weighted by molar-refractivity contribution is 0.181. The Bertz CT molecular complexity index is 537. The summed E-state index contributed by atoms with van der Waals surface area (Å²) in [6.07, 6.45) is 0. The number of hydrogen-bond donors (Lipinski definition) is 1. The molecule has 0 fully saturated rings. The fraction of sp³-hybridized carbons (Fsp3) is 0.250. The molecular weight excluding hydrogens is 258 g/mol. The van der Waals surface area contributed by atoms with Gasteiger partial charge in [-0.15, -0.1) is 11.3 Å². The van der Waals surface area contributed by atoms with E-state index in [2.05, 4.69) is 4.98 Å². The van der Waals surface area contributed by atoms with E-state index in [0.717, 1.165) is 10.9 Å². The van der Waals surface area contributed by atoms with Crippen molar-refractivity contribution in [1.29, 1.82) is 0 Å². The highest BCUT2D eigenvalue weighted by atomic mass is 32.1. The lowest BCUT2D eigenvalue weighted by atomic mass is 10.2. The fourth-order valence-corrected chi connectivity index (χ4v) is 2.52. The summed E-state index contributed by atoms with van der Waals surface area (Å²) in [4.78, 5) is 5.16. The van der Waals surface area contributed by atoms with Gasteiger partial charge in [0, 0.05) is 30.2 Å². The van der Waals surface area contributed by atoms with Crippen LogP contribution in [0.3, 0.4) is 0 Å². The Morgan fingerprint density at radius 1 is 1.28 bits per heavy atom. The van der Waals surface area contributed by atoms with Gasteiger partial charge in [-0.2, -0.15) is 0 Å². The Morgan fingerprint density at radius 2 is 1.94 bits per heavy atom. The molecule has 6 heteroatoms. The monoisotopic (exact) mass is 270 g/mol. The number of rotatable bonds is 4. The van der Waals surface area contributed by atoms with Gasteiger partial charge in [-0.3, -0.25) is 0 Å². The molecule has 2 rings (SSSR count). The average molecular weight is 270 g/mol. The van der Waals surface area contributed by atoms with Gasteiger partial charge in [0.1, 0.15) is 16.6 Å². The van der Waals surface area contributed by atoms with Crippen molar-refractivity contribution in [3.05, 3.63) is 40.4 Å². The van der Waals surface area contributed by atoms with E-state index in [0.29, 0.717) is 29.4 Å². The Hall–Kier alpha value is -1.37. The van der Waals surface area contributed by atoms with Gasteiger partial charge in [-0.25, -0.2) is 13.8 Å². The summed E-state index contributed by atoms with van der Waals surface area (Å²) >= 11 is 1.32. The van der Waals surface area contributed by atoms with Crippen molar-refractivity contribution in [2.24, 2.45) is 5.73 Å². The molecule has 1 heterocycles. The predicted molar refractivity (Wildman–Crippen MR) is 66.1 cm³/mol. The molecule has 2 N–H and O–H groups in total. The zero-order chi connectivity index (χ0) is 13.1. The maximum absolute atomic E-state index is 13.1. The van der Waals surface area contributed by atoms with Gasteiger partial charge in [0.05, 0.1) is 12.3 Å². The van der Waals surface area contributed by atoms with Gasteiger partial charge in [-0.05, 0) is 12.1 Å². The number of hydrogen-bond acceptors (Lipinski definition) is 4. The molecule has 1 aromatic heterocycles. The van der Waals surface area contributed by atoms with Crippen molar-refractivity contribution >= 4 is 11.3 Å². The summed E-state index contributed by atoms with van der Waals surface area (Å²) in [5.41, 5.74) is 6.72. The lowest BCUT2D eigenvalue weighted by Gasteiger charge is -1.97. The van der Waals surface area contributed by atoms with Crippen LogP contribution >= 0.6 is 11.3 Å². The Labute approximate surface area is 107 Å². The number of benzene rings is 1. The summed E-state index contributed by atoms with van der Waals surface area (Å²) in [5, 5.41) is 0.543. The number of nitrogens with two attached hydrogens (primary N) is 1. The van der Waals surface area contributed by atoms with Crippen LogP contribution in [0.5, 0.6) is 0 Å². The molecular formula is C12H12F2N2OS. The minimum absolute atomic E-state index is 0.328. The molecule has 0 atom stereocenters. The number of nitrogens with zero attached hydrogens (tertiary/aromatic N) is 1. The molecule has 3 nitrogen and oxygen atoms in total. The normalized spacial score (nSPS) is 10.9.